The largest absolute Gasteiger partial charge is 0.405 e. The van der Waals surface area contributed by atoms with Gasteiger partial charge in [-0.2, -0.15) is 10.1 Å². The Hall–Kier alpha value is -3.07. The summed E-state index contributed by atoms with van der Waals surface area (Å²) < 4.78 is 7.47. The highest BCUT2D eigenvalue weighted by Crippen LogP contribution is 2.31. The molecule has 0 aliphatic carbocycles. The van der Waals surface area contributed by atoms with E-state index in [1.807, 2.05) is 54.8 Å². The van der Waals surface area contributed by atoms with Crippen LogP contribution in [0.2, 0.25) is 5.02 Å². The molecule has 4 rings (SSSR count). The van der Waals surface area contributed by atoms with Crippen molar-refractivity contribution in [1.82, 2.24) is 19.7 Å². The van der Waals surface area contributed by atoms with Gasteiger partial charge in [0.25, 0.3) is 0 Å². The minimum absolute atomic E-state index is 0.158. The minimum Gasteiger partial charge on any atom is -0.405 e. The maximum Gasteiger partial charge on any atom is 0.325 e. The Morgan fingerprint density at radius 1 is 1.09 bits per heavy atom. The molecule has 2 aromatic heterocycles. The predicted molar refractivity (Wildman–Crippen MR) is 132 cm³/mol. The summed E-state index contributed by atoms with van der Waals surface area (Å²) in [5.41, 5.74) is 1.93. The van der Waals surface area contributed by atoms with Gasteiger partial charge in [0.05, 0.1) is 23.1 Å². The van der Waals surface area contributed by atoms with E-state index in [9.17, 15) is 0 Å². The third kappa shape index (κ3) is 6.46. The van der Waals surface area contributed by atoms with Gasteiger partial charge in [-0.3, -0.25) is 0 Å². The molecule has 0 aliphatic rings. The van der Waals surface area contributed by atoms with E-state index in [0.29, 0.717) is 16.7 Å². The summed E-state index contributed by atoms with van der Waals surface area (Å²) >= 11 is 5.96. The number of aryl methyl sites for hydroxylation is 1. The quantitative estimate of drug-likeness (QED) is 0.167. The van der Waals surface area contributed by atoms with Crippen molar-refractivity contribution in [2.75, 3.05) is 0 Å². The van der Waals surface area contributed by atoms with Crippen LogP contribution >= 0.6 is 33.2 Å². The summed E-state index contributed by atoms with van der Waals surface area (Å²) in [4.78, 5) is 14.4. The fourth-order valence-corrected chi connectivity index (χ4v) is 4.26. The van der Waals surface area contributed by atoms with E-state index in [1.165, 1.54) is 0 Å². The predicted octanol–water partition coefficient (Wildman–Crippen LogP) is 6.69. The lowest BCUT2D eigenvalue weighted by Crippen LogP contribution is -2.09. The van der Waals surface area contributed by atoms with Crippen LogP contribution in [0.25, 0.3) is 5.82 Å². The molecule has 0 N–H and O–H groups in total. The molecule has 2 heterocycles. The molecule has 0 amide bonds. The monoisotopic (exact) mass is 479 g/mol. The first-order chi connectivity index (χ1) is 15.7. The van der Waals surface area contributed by atoms with Crippen LogP contribution in [-0.2, 0) is 0 Å². The second-order valence-electron chi connectivity index (χ2n) is 6.48. The Bertz CT molecular complexity index is 1230. The Labute approximate surface area is 198 Å². The van der Waals surface area contributed by atoms with Gasteiger partial charge in [-0.1, -0.05) is 69.1 Å². The molecule has 0 fully saturated rings. The van der Waals surface area contributed by atoms with Crippen LogP contribution in [0.4, 0.5) is 5.69 Å². The summed E-state index contributed by atoms with van der Waals surface area (Å²) in [5, 5.41) is 6.60. The SMILES string of the molecule is Cc1ccc(/N=C(/C=C/SSc2ccccc2)Oc2nccc(-n3cc(Cl)cn3)n2)cc1. The smallest absolute Gasteiger partial charge is 0.325 e. The van der Waals surface area contributed by atoms with Crippen molar-refractivity contribution >= 4 is 44.8 Å². The number of rotatable bonds is 7. The first kappa shape index (κ1) is 22.1. The molecular weight excluding hydrogens is 462 g/mol. The standard InChI is InChI=1S/C23H18ClN5OS2/c1-17-7-9-19(10-8-17)27-22(12-14-31-32-20-5-3-2-4-6-20)30-23-25-13-11-21(28-23)29-16-18(24)15-26-29/h2-16H,1H3/b14-12+,27-22-. The number of aromatic nitrogens is 4. The van der Waals surface area contributed by atoms with Crippen molar-refractivity contribution in [2.45, 2.75) is 11.8 Å². The summed E-state index contributed by atoms with van der Waals surface area (Å²) in [6.45, 7) is 2.03. The number of nitrogens with zero attached hydrogens (tertiary/aromatic N) is 5. The zero-order valence-corrected chi connectivity index (χ0v) is 19.4. The number of ether oxygens (including phenoxy) is 1. The molecule has 0 spiro atoms. The molecule has 0 saturated heterocycles. The molecule has 2 aromatic carbocycles. The molecule has 6 nitrogen and oxygen atoms in total. The van der Waals surface area contributed by atoms with Gasteiger partial charge in [0.1, 0.15) is 0 Å². The number of benzene rings is 2. The van der Waals surface area contributed by atoms with Crippen LogP contribution < -0.4 is 4.74 Å². The van der Waals surface area contributed by atoms with Crippen LogP contribution in [0.5, 0.6) is 6.01 Å². The molecule has 0 aliphatic heterocycles. The van der Waals surface area contributed by atoms with Gasteiger partial charge in [0, 0.05) is 23.2 Å². The molecule has 160 valence electrons. The van der Waals surface area contributed by atoms with Crippen molar-refractivity contribution in [3.05, 3.63) is 101 Å². The normalized spacial score (nSPS) is 11.8. The van der Waals surface area contributed by atoms with Crippen LogP contribution in [0.15, 0.2) is 101 Å². The Morgan fingerprint density at radius 3 is 2.66 bits per heavy atom. The Morgan fingerprint density at radius 2 is 1.91 bits per heavy atom. The Kier molecular flexibility index (Phi) is 7.60. The summed E-state index contributed by atoms with van der Waals surface area (Å²) in [7, 11) is 3.21. The van der Waals surface area contributed by atoms with Gasteiger partial charge in [-0.15, -0.1) is 0 Å². The van der Waals surface area contributed by atoms with E-state index >= 15 is 0 Å². The molecule has 0 atom stereocenters. The van der Waals surface area contributed by atoms with Gasteiger partial charge >= 0.3 is 6.01 Å². The van der Waals surface area contributed by atoms with E-state index in [-0.39, 0.29) is 6.01 Å². The van der Waals surface area contributed by atoms with Crippen LogP contribution in [0.1, 0.15) is 5.56 Å². The molecular formula is C23H18ClN5OS2. The third-order valence-electron chi connectivity index (χ3n) is 4.03. The molecule has 9 heteroatoms. The van der Waals surface area contributed by atoms with E-state index in [2.05, 4.69) is 32.2 Å². The number of hydrogen-bond donors (Lipinski definition) is 0. The number of aliphatic imine (C=N–C) groups is 1. The van der Waals surface area contributed by atoms with Crippen LogP contribution in [-0.4, -0.2) is 25.6 Å². The second kappa shape index (κ2) is 11.0. The zero-order valence-electron chi connectivity index (χ0n) is 17.0. The molecule has 0 bridgehead atoms. The van der Waals surface area contributed by atoms with Crippen molar-refractivity contribution < 1.29 is 4.74 Å². The minimum atomic E-state index is 0.158. The van der Waals surface area contributed by atoms with Gasteiger partial charge in [0.15, 0.2) is 5.82 Å². The summed E-state index contributed by atoms with van der Waals surface area (Å²) in [5.74, 6) is 0.903. The van der Waals surface area contributed by atoms with E-state index in [4.69, 9.17) is 16.3 Å². The summed E-state index contributed by atoms with van der Waals surface area (Å²) in [6.07, 6.45) is 6.59. The number of hydrogen-bond acceptors (Lipinski definition) is 7. The Balaban J connectivity index is 1.53. The van der Waals surface area contributed by atoms with Gasteiger partial charge < -0.3 is 4.74 Å². The first-order valence-electron chi connectivity index (χ1n) is 9.57. The highest BCUT2D eigenvalue weighted by Gasteiger charge is 2.07. The van der Waals surface area contributed by atoms with Crippen molar-refractivity contribution in [3.63, 3.8) is 0 Å². The lowest BCUT2D eigenvalue weighted by atomic mass is 10.2. The van der Waals surface area contributed by atoms with Gasteiger partial charge in [0.2, 0.25) is 5.90 Å². The fourth-order valence-electron chi connectivity index (χ4n) is 2.51. The first-order valence-corrected chi connectivity index (χ1v) is 12.2. The van der Waals surface area contributed by atoms with Gasteiger partial charge in [-0.05, 0) is 36.6 Å². The lowest BCUT2D eigenvalue weighted by molar-refractivity contribution is 0.504. The highest BCUT2D eigenvalue weighted by molar-refractivity contribution is 8.77. The topological polar surface area (TPSA) is 65.2 Å². The molecule has 4 aromatic rings. The average molecular weight is 480 g/mol. The molecule has 0 radical (unpaired) electrons. The maximum atomic E-state index is 5.96. The molecule has 0 unspecified atom stereocenters. The highest BCUT2D eigenvalue weighted by atomic mass is 35.5. The third-order valence-corrected chi connectivity index (χ3v) is 6.23. The lowest BCUT2D eigenvalue weighted by Gasteiger charge is -2.06. The molecule has 0 saturated carbocycles. The van der Waals surface area contributed by atoms with Gasteiger partial charge in [-0.25, -0.2) is 14.7 Å². The zero-order chi connectivity index (χ0) is 22.2. The van der Waals surface area contributed by atoms with Crippen molar-refractivity contribution in [1.29, 1.82) is 0 Å². The van der Waals surface area contributed by atoms with E-state index in [0.717, 1.165) is 16.1 Å². The second-order valence-corrected chi connectivity index (χ2v) is 9.10. The van der Waals surface area contributed by atoms with Crippen LogP contribution in [0.3, 0.4) is 0 Å². The van der Waals surface area contributed by atoms with E-state index in [1.54, 1.807) is 57.0 Å². The fraction of sp³-hybridized carbons (Fsp3) is 0.0435. The van der Waals surface area contributed by atoms with Crippen molar-refractivity contribution in [2.24, 2.45) is 4.99 Å². The maximum absolute atomic E-state index is 5.96. The molecule has 32 heavy (non-hydrogen) atoms. The van der Waals surface area contributed by atoms with E-state index < -0.39 is 0 Å². The average Bonchev–Trinajstić information content (AvgIpc) is 3.25. The van der Waals surface area contributed by atoms with Crippen molar-refractivity contribution in [3.8, 4) is 11.8 Å². The summed E-state index contributed by atoms with van der Waals surface area (Å²) in [6, 6.07) is 19.9. The van der Waals surface area contributed by atoms with Crippen LogP contribution in [0, 0.1) is 6.92 Å². The number of halogens is 1.